The number of carboxylic acids is 1. The third-order valence-electron chi connectivity index (χ3n) is 3.67. The molecule has 1 saturated heterocycles. The summed E-state index contributed by atoms with van der Waals surface area (Å²) in [6, 6.07) is -0.331. The molecule has 2 amide bonds. The average molecular weight is 298 g/mol. The van der Waals surface area contributed by atoms with Crippen LogP contribution in [0.4, 0.5) is 10.5 Å². The average Bonchev–Trinajstić information content (AvgIpc) is 2.79. The fourth-order valence-electron chi connectivity index (χ4n) is 2.13. The van der Waals surface area contributed by atoms with Crippen LogP contribution in [0.5, 0.6) is 0 Å². The van der Waals surface area contributed by atoms with Crippen molar-refractivity contribution in [2.45, 2.75) is 20.3 Å². The van der Waals surface area contributed by atoms with Gasteiger partial charge in [-0.3, -0.25) is 9.78 Å². The Morgan fingerprint density at radius 1 is 1.50 bits per heavy atom. The van der Waals surface area contributed by atoms with Crippen LogP contribution in [0.25, 0.3) is 0 Å². The van der Waals surface area contributed by atoms with Gasteiger partial charge < -0.3 is 15.3 Å². The van der Waals surface area contributed by atoms with E-state index in [0.717, 1.165) is 5.56 Å². The predicted octanol–water partition coefficient (Wildman–Crippen LogP) is 2.37. The van der Waals surface area contributed by atoms with Crippen LogP contribution in [-0.4, -0.2) is 40.1 Å². The molecular weight excluding hydrogens is 282 g/mol. The van der Waals surface area contributed by atoms with Gasteiger partial charge in [0.15, 0.2) is 0 Å². The van der Waals surface area contributed by atoms with Crippen molar-refractivity contribution in [1.82, 2.24) is 9.88 Å². The van der Waals surface area contributed by atoms with Crippen molar-refractivity contribution in [3.05, 3.63) is 23.0 Å². The second-order valence-corrected chi connectivity index (χ2v) is 5.67. The lowest BCUT2D eigenvalue weighted by Crippen LogP contribution is -2.37. The molecule has 2 N–H and O–H groups in total. The first-order chi connectivity index (χ1) is 9.33. The smallest absolute Gasteiger partial charge is 0.321 e. The number of amides is 2. The fraction of sp³-hybridized carbons (Fsp3) is 0.462. The van der Waals surface area contributed by atoms with Crippen molar-refractivity contribution in [3.8, 4) is 0 Å². The lowest BCUT2D eigenvalue weighted by Gasteiger charge is -2.21. The van der Waals surface area contributed by atoms with Gasteiger partial charge in [-0.15, -0.1) is 0 Å². The molecule has 0 saturated carbocycles. The largest absolute Gasteiger partial charge is 0.481 e. The number of aliphatic carboxylic acids is 1. The van der Waals surface area contributed by atoms with Crippen LogP contribution in [-0.2, 0) is 4.79 Å². The Balaban J connectivity index is 2.07. The van der Waals surface area contributed by atoms with Gasteiger partial charge >= 0.3 is 12.0 Å². The highest BCUT2D eigenvalue weighted by molar-refractivity contribution is 6.31. The minimum atomic E-state index is -0.881. The predicted molar refractivity (Wildman–Crippen MR) is 74.9 cm³/mol. The van der Waals surface area contributed by atoms with E-state index in [1.165, 1.54) is 17.3 Å². The van der Waals surface area contributed by atoms with E-state index >= 15 is 0 Å². The second kappa shape index (κ2) is 5.28. The molecule has 1 aliphatic rings. The van der Waals surface area contributed by atoms with E-state index in [0.29, 0.717) is 23.7 Å². The number of nitrogens with zero attached hydrogens (tertiary/aromatic N) is 2. The van der Waals surface area contributed by atoms with Gasteiger partial charge in [-0.05, 0) is 25.8 Å². The zero-order chi connectivity index (χ0) is 14.9. The number of pyridine rings is 1. The molecule has 1 unspecified atom stereocenters. The Hall–Kier alpha value is -1.82. The zero-order valence-electron chi connectivity index (χ0n) is 11.3. The number of carbonyl (C=O) groups is 2. The SMILES string of the molecule is Cc1c(Cl)cncc1NC(=O)N1CCC(C)(C(=O)O)C1. The van der Waals surface area contributed by atoms with Crippen LogP contribution in [0.2, 0.25) is 5.02 Å². The lowest BCUT2D eigenvalue weighted by atomic mass is 9.90. The fourth-order valence-corrected chi connectivity index (χ4v) is 2.29. The van der Waals surface area contributed by atoms with Crippen molar-refractivity contribution in [2.75, 3.05) is 18.4 Å². The first-order valence-corrected chi connectivity index (χ1v) is 6.61. The van der Waals surface area contributed by atoms with Gasteiger partial charge in [0, 0.05) is 19.3 Å². The minimum absolute atomic E-state index is 0.196. The van der Waals surface area contributed by atoms with Crippen LogP contribution in [0, 0.1) is 12.3 Å². The molecule has 1 atom stereocenters. The van der Waals surface area contributed by atoms with E-state index in [2.05, 4.69) is 10.3 Å². The number of hydrogen-bond donors (Lipinski definition) is 2. The summed E-state index contributed by atoms with van der Waals surface area (Å²) in [5, 5.41) is 12.3. The third-order valence-corrected chi connectivity index (χ3v) is 4.05. The number of rotatable bonds is 2. The van der Waals surface area contributed by atoms with E-state index in [-0.39, 0.29) is 12.6 Å². The molecule has 7 heteroatoms. The number of carboxylic acid groups (broad SMARTS) is 1. The highest BCUT2D eigenvalue weighted by atomic mass is 35.5. The summed E-state index contributed by atoms with van der Waals surface area (Å²) in [6.07, 6.45) is 3.47. The molecule has 20 heavy (non-hydrogen) atoms. The second-order valence-electron chi connectivity index (χ2n) is 5.26. The van der Waals surface area contributed by atoms with Crippen LogP contribution >= 0.6 is 11.6 Å². The maximum atomic E-state index is 12.1. The molecule has 0 bridgehead atoms. The summed E-state index contributed by atoms with van der Waals surface area (Å²) < 4.78 is 0. The van der Waals surface area contributed by atoms with Crippen LogP contribution in [0.3, 0.4) is 0 Å². The highest BCUT2D eigenvalue weighted by Gasteiger charge is 2.42. The zero-order valence-corrected chi connectivity index (χ0v) is 12.1. The van der Waals surface area contributed by atoms with Gasteiger partial charge in [0.25, 0.3) is 0 Å². The van der Waals surface area contributed by atoms with E-state index in [4.69, 9.17) is 16.7 Å². The Kier molecular flexibility index (Phi) is 3.85. The summed E-state index contributed by atoms with van der Waals surface area (Å²) in [6.45, 7) is 4.04. The Labute approximate surface area is 121 Å². The summed E-state index contributed by atoms with van der Waals surface area (Å²) in [7, 11) is 0. The number of carbonyl (C=O) groups excluding carboxylic acids is 1. The molecule has 2 rings (SSSR count). The molecule has 0 spiro atoms. The highest BCUT2D eigenvalue weighted by Crippen LogP contribution is 2.30. The van der Waals surface area contributed by atoms with Gasteiger partial charge in [-0.25, -0.2) is 4.79 Å². The number of halogens is 1. The van der Waals surface area contributed by atoms with Gasteiger partial charge in [0.05, 0.1) is 22.3 Å². The van der Waals surface area contributed by atoms with Crippen LogP contribution < -0.4 is 5.32 Å². The van der Waals surface area contributed by atoms with E-state index < -0.39 is 11.4 Å². The molecular formula is C13H16ClN3O3. The first-order valence-electron chi connectivity index (χ1n) is 6.23. The van der Waals surface area contributed by atoms with Gasteiger partial charge in [0.2, 0.25) is 0 Å². The van der Waals surface area contributed by atoms with E-state index in [9.17, 15) is 9.59 Å². The lowest BCUT2D eigenvalue weighted by molar-refractivity contribution is -0.146. The normalized spacial score (nSPS) is 21.9. The van der Waals surface area contributed by atoms with Crippen molar-refractivity contribution >= 4 is 29.3 Å². The Morgan fingerprint density at radius 2 is 2.20 bits per heavy atom. The summed E-state index contributed by atoms with van der Waals surface area (Å²) in [5.41, 5.74) is 0.389. The molecule has 1 aromatic heterocycles. The monoisotopic (exact) mass is 297 g/mol. The van der Waals surface area contributed by atoms with Gasteiger partial charge in [-0.2, -0.15) is 0 Å². The maximum Gasteiger partial charge on any atom is 0.321 e. The number of likely N-dealkylation sites (tertiary alicyclic amines) is 1. The number of aromatic nitrogens is 1. The quantitative estimate of drug-likeness (QED) is 0.878. The molecule has 1 aromatic rings. The molecule has 6 nitrogen and oxygen atoms in total. The minimum Gasteiger partial charge on any atom is -0.481 e. The van der Waals surface area contributed by atoms with Gasteiger partial charge in [0.1, 0.15) is 0 Å². The van der Waals surface area contributed by atoms with Crippen molar-refractivity contribution in [2.24, 2.45) is 5.41 Å². The molecule has 0 aromatic carbocycles. The van der Waals surface area contributed by atoms with Crippen LogP contribution in [0.15, 0.2) is 12.4 Å². The maximum absolute atomic E-state index is 12.1. The first kappa shape index (κ1) is 14.6. The standard InChI is InChI=1S/C13H16ClN3O3/c1-8-9(14)5-15-6-10(8)16-12(20)17-4-3-13(2,7-17)11(18)19/h5-6H,3-4,7H2,1-2H3,(H,16,20)(H,18,19). The van der Waals surface area contributed by atoms with Crippen LogP contribution in [0.1, 0.15) is 18.9 Å². The van der Waals surface area contributed by atoms with E-state index in [1.54, 1.807) is 13.8 Å². The molecule has 2 heterocycles. The molecule has 1 fully saturated rings. The molecule has 1 aliphatic heterocycles. The summed E-state index contributed by atoms with van der Waals surface area (Å²) in [4.78, 5) is 28.7. The van der Waals surface area contributed by atoms with Crippen molar-refractivity contribution < 1.29 is 14.7 Å². The molecule has 0 radical (unpaired) electrons. The van der Waals surface area contributed by atoms with Gasteiger partial charge in [-0.1, -0.05) is 11.6 Å². The third kappa shape index (κ3) is 2.70. The summed E-state index contributed by atoms with van der Waals surface area (Å²) >= 11 is 5.94. The Morgan fingerprint density at radius 3 is 2.80 bits per heavy atom. The number of nitrogens with one attached hydrogen (secondary N) is 1. The number of hydrogen-bond acceptors (Lipinski definition) is 3. The van der Waals surface area contributed by atoms with E-state index in [1.807, 2.05) is 0 Å². The molecule has 0 aliphatic carbocycles. The number of anilines is 1. The summed E-state index contributed by atoms with van der Waals surface area (Å²) in [5.74, 6) is -0.881. The van der Waals surface area contributed by atoms with Crippen molar-refractivity contribution in [1.29, 1.82) is 0 Å². The topological polar surface area (TPSA) is 82.5 Å². The molecule has 108 valence electrons. The Bertz CT molecular complexity index is 564. The van der Waals surface area contributed by atoms with Crippen molar-refractivity contribution in [3.63, 3.8) is 0 Å². The number of urea groups is 1.